The van der Waals surface area contributed by atoms with Gasteiger partial charge in [0.1, 0.15) is 17.0 Å². The summed E-state index contributed by atoms with van der Waals surface area (Å²) in [5, 5.41) is 5.73. The molecular weight excluding hydrogens is 502 g/mol. The molecule has 174 valence electrons. The number of carbonyl (C=O) groups excluding carboxylic acids is 2. The molecule has 0 saturated carbocycles. The molecule has 0 radical (unpaired) electrons. The molecule has 0 aliphatic carbocycles. The number of halogens is 3. The van der Waals surface area contributed by atoms with Gasteiger partial charge in [-0.2, -0.15) is 4.98 Å². The minimum absolute atomic E-state index is 0.0652. The number of hydrogen-bond donors (Lipinski definition) is 1. The first kappa shape index (κ1) is 22.8. The second-order valence-electron chi connectivity index (χ2n) is 7.82. The minimum atomic E-state index is -0.628. The predicted molar refractivity (Wildman–Crippen MR) is 128 cm³/mol. The van der Waals surface area contributed by atoms with Crippen molar-refractivity contribution in [2.45, 2.75) is 18.8 Å². The molecule has 0 unspecified atom stereocenters. The number of likely N-dealkylation sites (tertiary alicyclic amines) is 1. The van der Waals surface area contributed by atoms with E-state index >= 15 is 0 Å². The number of nitrogens with zero attached hydrogens (tertiary/aromatic N) is 3. The van der Waals surface area contributed by atoms with Crippen LogP contribution in [0, 0.1) is 5.82 Å². The number of rotatable bonds is 4. The van der Waals surface area contributed by atoms with Gasteiger partial charge in [0.15, 0.2) is 5.58 Å². The minimum Gasteiger partial charge on any atom is -0.423 e. The molecule has 1 aliphatic rings. The van der Waals surface area contributed by atoms with Crippen LogP contribution in [0.15, 0.2) is 46.2 Å². The summed E-state index contributed by atoms with van der Waals surface area (Å²) >= 11 is 13.4. The molecule has 34 heavy (non-hydrogen) atoms. The maximum absolute atomic E-state index is 14.1. The summed E-state index contributed by atoms with van der Waals surface area (Å²) in [7, 11) is 0. The van der Waals surface area contributed by atoms with E-state index in [4.69, 9.17) is 27.6 Å². The summed E-state index contributed by atoms with van der Waals surface area (Å²) in [6.45, 7) is 0.890. The van der Waals surface area contributed by atoms with Crippen molar-refractivity contribution in [3.63, 3.8) is 0 Å². The summed E-state index contributed by atoms with van der Waals surface area (Å²) in [5.74, 6) is -1.38. The van der Waals surface area contributed by atoms with E-state index in [0.29, 0.717) is 42.1 Å². The SMILES string of the molecule is O=C(Nc1nc2cc(Cl)ccc2o1)c1csc(C2CCN(C(=O)c3c(F)cccc3Cl)CC2)n1. The van der Waals surface area contributed by atoms with E-state index in [2.05, 4.69) is 15.3 Å². The van der Waals surface area contributed by atoms with Gasteiger partial charge in [-0.3, -0.25) is 14.9 Å². The van der Waals surface area contributed by atoms with E-state index in [1.54, 1.807) is 28.5 Å². The number of amides is 2. The lowest BCUT2D eigenvalue weighted by atomic mass is 9.97. The van der Waals surface area contributed by atoms with E-state index in [1.165, 1.54) is 29.5 Å². The number of piperidine rings is 1. The van der Waals surface area contributed by atoms with Crippen molar-refractivity contribution in [3.05, 3.63) is 73.9 Å². The maximum Gasteiger partial charge on any atom is 0.302 e. The molecule has 4 aromatic rings. The van der Waals surface area contributed by atoms with Crippen LogP contribution in [0.3, 0.4) is 0 Å². The molecule has 2 amide bonds. The number of anilines is 1. The number of hydrogen-bond acceptors (Lipinski definition) is 6. The normalized spacial score (nSPS) is 14.5. The van der Waals surface area contributed by atoms with Gasteiger partial charge >= 0.3 is 6.01 Å². The second-order valence-corrected chi connectivity index (χ2v) is 9.55. The van der Waals surface area contributed by atoms with Crippen molar-refractivity contribution in [2.75, 3.05) is 18.4 Å². The third kappa shape index (κ3) is 4.51. The second kappa shape index (κ2) is 9.32. The number of carbonyl (C=O) groups is 2. The van der Waals surface area contributed by atoms with Gasteiger partial charge < -0.3 is 9.32 Å². The first-order valence-electron chi connectivity index (χ1n) is 10.4. The van der Waals surface area contributed by atoms with Crippen molar-refractivity contribution in [1.82, 2.24) is 14.9 Å². The van der Waals surface area contributed by atoms with Crippen LogP contribution in [0.4, 0.5) is 10.4 Å². The Morgan fingerprint density at radius 3 is 2.71 bits per heavy atom. The molecule has 0 bridgehead atoms. The van der Waals surface area contributed by atoms with Gasteiger partial charge in [0.25, 0.3) is 11.8 Å². The Hall–Kier alpha value is -3.01. The molecular formula is C23H17Cl2FN4O3S. The molecule has 2 aromatic carbocycles. The molecule has 5 rings (SSSR count). The van der Waals surface area contributed by atoms with Crippen LogP contribution in [0.1, 0.15) is 44.6 Å². The zero-order valence-corrected chi connectivity index (χ0v) is 19.9. The molecule has 1 saturated heterocycles. The number of aromatic nitrogens is 2. The van der Waals surface area contributed by atoms with Gasteiger partial charge in [-0.25, -0.2) is 9.37 Å². The Labute approximate surface area is 207 Å². The Kier molecular flexibility index (Phi) is 6.24. The monoisotopic (exact) mass is 518 g/mol. The topological polar surface area (TPSA) is 88.3 Å². The highest BCUT2D eigenvalue weighted by molar-refractivity contribution is 7.10. The van der Waals surface area contributed by atoms with E-state index < -0.39 is 17.6 Å². The molecule has 1 fully saturated rings. The third-order valence-corrected chi connectivity index (χ3v) is 7.19. The van der Waals surface area contributed by atoms with Crippen LogP contribution in [-0.2, 0) is 0 Å². The lowest BCUT2D eigenvalue weighted by Gasteiger charge is -2.31. The van der Waals surface area contributed by atoms with Crippen molar-refractivity contribution >= 4 is 63.5 Å². The zero-order valence-electron chi connectivity index (χ0n) is 17.6. The van der Waals surface area contributed by atoms with E-state index in [0.717, 1.165) is 5.01 Å². The maximum atomic E-state index is 14.1. The lowest BCUT2D eigenvalue weighted by Crippen LogP contribution is -2.38. The van der Waals surface area contributed by atoms with Gasteiger partial charge in [-0.05, 0) is 43.2 Å². The number of fused-ring (bicyclic) bond motifs is 1. The van der Waals surface area contributed by atoms with E-state index in [9.17, 15) is 14.0 Å². The Bertz CT molecular complexity index is 1380. The summed E-state index contributed by atoms with van der Waals surface area (Å²) in [4.78, 5) is 35.7. The van der Waals surface area contributed by atoms with Gasteiger partial charge in [0.05, 0.1) is 15.6 Å². The third-order valence-electron chi connectivity index (χ3n) is 5.63. The first-order chi connectivity index (χ1) is 16.4. The Morgan fingerprint density at radius 1 is 1.15 bits per heavy atom. The van der Waals surface area contributed by atoms with Crippen LogP contribution in [-0.4, -0.2) is 39.8 Å². The highest BCUT2D eigenvalue weighted by Gasteiger charge is 2.29. The number of oxazole rings is 1. The zero-order chi connectivity index (χ0) is 23.8. The molecule has 0 atom stereocenters. The van der Waals surface area contributed by atoms with Crippen LogP contribution >= 0.6 is 34.5 Å². The van der Waals surface area contributed by atoms with Gasteiger partial charge in [0.2, 0.25) is 0 Å². The summed E-state index contributed by atoms with van der Waals surface area (Å²) in [5.41, 5.74) is 1.21. The fourth-order valence-electron chi connectivity index (χ4n) is 3.88. The van der Waals surface area contributed by atoms with Crippen LogP contribution < -0.4 is 5.32 Å². The quantitative estimate of drug-likeness (QED) is 0.357. The fourth-order valence-corrected chi connectivity index (χ4v) is 5.27. The van der Waals surface area contributed by atoms with Crippen molar-refractivity contribution in [1.29, 1.82) is 0 Å². The number of benzene rings is 2. The average molecular weight is 519 g/mol. The van der Waals surface area contributed by atoms with Crippen molar-refractivity contribution in [2.24, 2.45) is 0 Å². The summed E-state index contributed by atoms with van der Waals surface area (Å²) < 4.78 is 19.6. The molecule has 1 N–H and O–H groups in total. The molecule has 0 spiro atoms. The Morgan fingerprint density at radius 2 is 1.94 bits per heavy atom. The van der Waals surface area contributed by atoms with Crippen LogP contribution in [0.5, 0.6) is 0 Å². The van der Waals surface area contributed by atoms with E-state index in [1.807, 2.05) is 0 Å². The molecule has 3 heterocycles. The smallest absolute Gasteiger partial charge is 0.302 e. The van der Waals surface area contributed by atoms with Crippen molar-refractivity contribution in [3.8, 4) is 0 Å². The fraction of sp³-hybridized carbons (Fsp3) is 0.217. The average Bonchev–Trinajstić information content (AvgIpc) is 3.46. The van der Waals surface area contributed by atoms with Gasteiger partial charge in [0, 0.05) is 29.4 Å². The van der Waals surface area contributed by atoms with E-state index in [-0.39, 0.29) is 28.2 Å². The lowest BCUT2D eigenvalue weighted by molar-refractivity contribution is 0.0708. The number of thiazole rings is 1. The highest BCUT2D eigenvalue weighted by atomic mass is 35.5. The van der Waals surface area contributed by atoms with Gasteiger partial charge in [-0.1, -0.05) is 29.3 Å². The van der Waals surface area contributed by atoms with Crippen LogP contribution in [0.2, 0.25) is 10.0 Å². The predicted octanol–water partition coefficient (Wildman–Crippen LogP) is 6.00. The summed E-state index contributed by atoms with van der Waals surface area (Å²) in [6.07, 6.45) is 1.30. The van der Waals surface area contributed by atoms with Gasteiger partial charge in [-0.15, -0.1) is 11.3 Å². The molecule has 2 aromatic heterocycles. The van der Waals surface area contributed by atoms with Crippen LogP contribution in [0.25, 0.3) is 11.1 Å². The summed E-state index contributed by atoms with van der Waals surface area (Å²) in [6, 6.07) is 9.27. The standard InChI is InChI=1S/C23H17Cl2FN4O3S/c24-13-4-5-18-16(10-13)28-23(33-18)29-20(31)17-11-34-21(27-17)12-6-8-30(9-7-12)22(32)19-14(25)2-1-3-15(19)26/h1-5,10-12H,6-9H2,(H,28,29,31). The molecule has 7 nitrogen and oxygen atoms in total. The largest absolute Gasteiger partial charge is 0.423 e. The first-order valence-corrected chi connectivity index (χ1v) is 12.1. The molecule has 11 heteroatoms. The van der Waals surface area contributed by atoms with Crippen molar-refractivity contribution < 1.29 is 18.4 Å². The number of nitrogens with one attached hydrogen (secondary N) is 1. The molecule has 1 aliphatic heterocycles. The Balaban J connectivity index is 1.22. The highest BCUT2D eigenvalue weighted by Crippen LogP contribution is 2.32.